The zero-order valence-corrected chi connectivity index (χ0v) is 17.5. The van der Waals surface area contributed by atoms with Crippen molar-refractivity contribution in [1.82, 2.24) is 14.5 Å². The summed E-state index contributed by atoms with van der Waals surface area (Å²) in [5, 5.41) is 1.89. The molecule has 154 valence electrons. The van der Waals surface area contributed by atoms with E-state index in [2.05, 4.69) is 6.58 Å². The minimum atomic E-state index is -0.178. The van der Waals surface area contributed by atoms with Crippen LogP contribution in [0.4, 0.5) is 5.82 Å². The highest BCUT2D eigenvalue weighted by Crippen LogP contribution is 2.29. The van der Waals surface area contributed by atoms with Gasteiger partial charge in [0.15, 0.2) is 11.5 Å². The van der Waals surface area contributed by atoms with Gasteiger partial charge in [0.05, 0.1) is 0 Å². The number of nitrogens with zero attached hydrogens (tertiary/aromatic N) is 4. The third-order valence-corrected chi connectivity index (χ3v) is 5.65. The van der Waals surface area contributed by atoms with E-state index in [0.29, 0.717) is 23.6 Å². The predicted octanol–water partition coefficient (Wildman–Crippen LogP) is 3.91. The second-order valence-electron chi connectivity index (χ2n) is 7.67. The summed E-state index contributed by atoms with van der Waals surface area (Å²) in [5.74, 6) is 0.959. The van der Waals surface area contributed by atoms with Gasteiger partial charge in [0.1, 0.15) is 5.82 Å². The standard InChI is InChI=1S/C24H26N4O2/c1-4-15-26(2)24(30)21-22(25-20-14-7-8-16-28(20)21)27(3)23(29)19-13-9-11-17-10-5-6-12-18(17)19/h4-6,9-13H,1,7-8,14-16H2,2-3H3. The van der Waals surface area contributed by atoms with Gasteiger partial charge in [-0.25, -0.2) is 4.98 Å². The van der Waals surface area contributed by atoms with Crippen molar-refractivity contribution >= 4 is 28.4 Å². The monoisotopic (exact) mass is 402 g/mol. The molecule has 6 heteroatoms. The lowest BCUT2D eigenvalue weighted by Gasteiger charge is -2.22. The number of amides is 2. The van der Waals surface area contributed by atoms with Crippen molar-refractivity contribution in [3.05, 3.63) is 72.2 Å². The molecule has 0 saturated carbocycles. The highest BCUT2D eigenvalue weighted by molar-refractivity contribution is 6.15. The Morgan fingerprint density at radius 1 is 1.10 bits per heavy atom. The van der Waals surface area contributed by atoms with E-state index in [4.69, 9.17) is 4.98 Å². The van der Waals surface area contributed by atoms with Crippen LogP contribution in [0.3, 0.4) is 0 Å². The number of carbonyl (C=O) groups is 2. The second-order valence-corrected chi connectivity index (χ2v) is 7.67. The minimum Gasteiger partial charge on any atom is -0.337 e. The fraction of sp³-hybridized carbons (Fsp3) is 0.292. The summed E-state index contributed by atoms with van der Waals surface area (Å²) in [6.45, 7) is 4.89. The fourth-order valence-electron chi connectivity index (χ4n) is 4.06. The number of imidazole rings is 1. The molecule has 0 bridgehead atoms. The van der Waals surface area contributed by atoms with E-state index >= 15 is 0 Å². The van der Waals surface area contributed by atoms with E-state index in [-0.39, 0.29) is 11.8 Å². The van der Waals surface area contributed by atoms with E-state index in [9.17, 15) is 9.59 Å². The minimum absolute atomic E-state index is 0.150. The normalized spacial score (nSPS) is 13.0. The third-order valence-electron chi connectivity index (χ3n) is 5.65. The summed E-state index contributed by atoms with van der Waals surface area (Å²) >= 11 is 0. The molecule has 6 nitrogen and oxygen atoms in total. The topological polar surface area (TPSA) is 58.4 Å². The third kappa shape index (κ3) is 3.38. The molecule has 0 saturated heterocycles. The van der Waals surface area contributed by atoms with Crippen LogP contribution in [0.15, 0.2) is 55.1 Å². The van der Waals surface area contributed by atoms with Crippen LogP contribution in [0, 0.1) is 0 Å². The van der Waals surface area contributed by atoms with Crippen molar-refractivity contribution < 1.29 is 9.59 Å². The zero-order valence-electron chi connectivity index (χ0n) is 17.5. The van der Waals surface area contributed by atoms with Gasteiger partial charge in [-0.15, -0.1) is 6.58 Å². The summed E-state index contributed by atoms with van der Waals surface area (Å²) in [6, 6.07) is 13.5. The lowest BCUT2D eigenvalue weighted by Crippen LogP contribution is -2.33. The van der Waals surface area contributed by atoms with Gasteiger partial charge in [-0.3, -0.25) is 14.5 Å². The number of aromatic nitrogens is 2. The van der Waals surface area contributed by atoms with E-state index in [1.165, 1.54) is 4.90 Å². The van der Waals surface area contributed by atoms with Crippen molar-refractivity contribution in [2.45, 2.75) is 25.8 Å². The summed E-state index contributed by atoms with van der Waals surface area (Å²) in [7, 11) is 3.44. The Balaban J connectivity index is 1.79. The Kier molecular flexibility index (Phi) is 5.40. The smallest absolute Gasteiger partial charge is 0.274 e. The van der Waals surface area contributed by atoms with Gasteiger partial charge in [0, 0.05) is 39.2 Å². The molecule has 1 aliphatic rings. The van der Waals surface area contributed by atoms with Crippen LogP contribution in [-0.2, 0) is 13.0 Å². The summed E-state index contributed by atoms with van der Waals surface area (Å²) < 4.78 is 1.98. The van der Waals surface area contributed by atoms with Crippen LogP contribution in [0.1, 0.15) is 39.5 Å². The van der Waals surface area contributed by atoms with Crippen molar-refractivity contribution in [2.24, 2.45) is 0 Å². The highest BCUT2D eigenvalue weighted by atomic mass is 16.2. The summed E-state index contributed by atoms with van der Waals surface area (Å²) in [5.41, 5.74) is 1.07. The molecule has 1 aromatic heterocycles. The van der Waals surface area contributed by atoms with Gasteiger partial charge in [0.25, 0.3) is 11.8 Å². The SMILES string of the molecule is C=CCN(C)C(=O)c1c(N(C)C(=O)c2cccc3ccccc23)nc2n1CCCC2. The zero-order chi connectivity index (χ0) is 21.3. The predicted molar refractivity (Wildman–Crippen MR) is 119 cm³/mol. The van der Waals surface area contributed by atoms with Crippen LogP contribution in [0.5, 0.6) is 0 Å². The van der Waals surface area contributed by atoms with Gasteiger partial charge in [-0.05, 0) is 29.7 Å². The maximum absolute atomic E-state index is 13.5. The number of rotatable bonds is 5. The number of benzene rings is 2. The molecule has 0 N–H and O–H groups in total. The molecule has 0 aliphatic carbocycles. The largest absolute Gasteiger partial charge is 0.337 e. The Morgan fingerprint density at radius 2 is 1.87 bits per heavy atom. The molecule has 0 spiro atoms. The highest BCUT2D eigenvalue weighted by Gasteiger charge is 2.31. The first-order chi connectivity index (χ1) is 14.5. The fourth-order valence-corrected chi connectivity index (χ4v) is 4.06. The van der Waals surface area contributed by atoms with Gasteiger partial charge < -0.3 is 9.47 Å². The van der Waals surface area contributed by atoms with Crippen molar-refractivity contribution in [3.8, 4) is 0 Å². The first-order valence-corrected chi connectivity index (χ1v) is 10.2. The average Bonchev–Trinajstić information content (AvgIpc) is 3.16. The Bertz CT molecular complexity index is 1130. The number of likely N-dealkylation sites (N-methyl/N-ethyl adjacent to an activating group) is 1. The van der Waals surface area contributed by atoms with E-state index in [1.54, 1.807) is 25.1 Å². The average molecular weight is 402 g/mol. The van der Waals surface area contributed by atoms with E-state index < -0.39 is 0 Å². The Hall–Kier alpha value is -3.41. The molecule has 0 unspecified atom stereocenters. The molecule has 0 atom stereocenters. The molecule has 2 aromatic carbocycles. The van der Waals surface area contributed by atoms with Gasteiger partial charge in [0.2, 0.25) is 0 Å². The lowest BCUT2D eigenvalue weighted by atomic mass is 10.0. The number of hydrogen-bond acceptors (Lipinski definition) is 3. The maximum Gasteiger partial charge on any atom is 0.274 e. The number of carbonyl (C=O) groups excluding carboxylic acids is 2. The maximum atomic E-state index is 13.5. The molecule has 1 aliphatic heterocycles. The van der Waals surface area contributed by atoms with Gasteiger partial charge in [-0.1, -0.05) is 42.5 Å². The van der Waals surface area contributed by atoms with Crippen LogP contribution >= 0.6 is 0 Å². The van der Waals surface area contributed by atoms with Crippen LogP contribution in [0.25, 0.3) is 10.8 Å². The molecular formula is C24H26N4O2. The van der Waals surface area contributed by atoms with Gasteiger partial charge >= 0.3 is 0 Å². The van der Waals surface area contributed by atoms with Crippen molar-refractivity contribution in [1.29, 1.82) is 0 Å². The molecular weight excluding hydrogens is 376 g/mol. The van der Waals surface area contributed by atoms with Crippen molar-refractivity contribution in [3.63, 3.8) is 0 Å². The number of anilines is 1. The van der Waals surface area contributed by atoms with Crippen molar-refractivity contribution in [2.75, 3.05) is 25.5 Å². The number of aryl methyl sites for hydroxylation is 1. The first kappa shape index (κ1) is 19.9. The quantitative estimate of drug-likeness (QED) is 0.608. The summed E-state index contributed by atoms with van der Waals surface area (Å²) in [4.78, 5) is 34.6. The molecule has 2 heterocycles. The van der Waals surface area contributed by atoms with Crippen LogP contribution < -0.4 is 4.90 Å². The lowest BCUT2D eigenvalue weighted by molar-refractivity contribution is 0.0799. The van der Waals surface area contributed by atoms with Crippen LogP contribution in [-0.4, -0.2) is 46.9 Å². The Labute approximate surface area is 176 Å². The van der Waals surface area contributed by atoms with E-state index in [0.717, 1.165) is 42.4 Å². The molecule has 30 heavy (non-hydrogen) atoms. The Morgan fingerprint density at radius 3 is 2.67 bits per heavy atom. The molecule has 4 rings (SSSR count). The molecule has 0 radical (unpaired) electrons. The summed E-state index contributed by atoms with van der Waals surface area (Å²) in [6.07, 6.45) is 4.53. The van der Waals surface area contributed by atoms with E-state index in [1.807, 2.05) is 47.0 Å². The molecule has 2 amide bonds. The first-order valence-electron chi connectivity index (χ1n) is 10.2. The molecule has 0 fully saturated rings. The number of hydrogen-bond donors (Lipinski definition) is 0. The number of fused-ring (bicyclic) bond motifs is 2. The molecule has 3 aromatic rings. The van der Waals surface area contributed by atoms with Gasteiger partial charge in [-0.2, -0.15) is 0 Å². The second kappa shape index (κ2) is 8.14. The van der Waals surface area contributed by atoms with Crippen LogP contribution in [0.2, 0.25) is 0 Å².